The van der Waals surface area contributed by atoms with Crippen LogP contribution in [0.3, 0.4) is 0 Å². The lowest BCUT2D eigenvalue weighted by atomic mass is 10.0. The molecule has 116 valence electrons. The van der Waals surface area contributed by atoms with Crippen molar-refractivity contribution in [2.45, 2.75) is 19.3 Å². The molecule has 1 aliphatic heterocycles. The molecule has 1 fully saturated rings. The topological polar surface area (TPSA) is 90.3 Å². The molecule has 0 radical (unpaired) electrons. The van der Waals surface area contributed by atoms with Gasteiger partial charge in [-0.25, -0.2) is 4.79 Å². The molecule has 0 bridgehead atoms. The number of carboxylic acid groups (broad SMARTS) is 1. The van der Waals surface area contributed by atoms with E-state index < -0.39 is 5.97 Å². The van der Waals surface area contributed by atoms with Gasteiger partial charge in [0.05, 0.1) is 13.2 Å². The molecule has 0 aromatic carbocycles. The van der Waals surface area contributed by atoms with Gasteiger partial charge in [0.2, 0.25) is 0 Å². The number of urea groups is 1. The van der Waals surface area contributed by atoms with Gasteiger partial charge in [-0.3, -0.25) is 4.79 Å². The van der Waals surface area contributed by atoms with E-state index in [1.54, 1.807) is 16.9 Å². The highest BCUT2D eigenvalue weighted by molar-refractivity contribution is 5.74. The van der Waals surface area contributed by atoms with Crippen LogP contribution in [-0.4, -0.2) is 78.5 Å². The van der Waals surface area contributed by atoms with E-state index in [1.165, 1.54) is 0 Å². The van der Waals surface area contributed by atoms with E-state index in [2.05, 4.69) is 0 Å². The van der Waals surface area contributed by atoms with E-state index in [9.17, 15) is 9.59 Å². The largest absolute Gasteiger partial charge is 0.481 e. The molecule has 1 unspecified atom stereocenters. The molecule has 1 heterocycles. The normalized spacial score (nSPS) is 18.3. The van der Waals surface area contributed by atoms with Crippen molar-refractivity contribution in [2.75, 3.05) is 46.5 Å². The first-order chi connectivity index (χ1) is 9.58. The van der Waals surface area contributed by atoms with E-state index in [0.29, 0.717) is 39.2 Å². The monoisotopic (exact) mass is 288 g/mol. The summed E-state index contributed by atoms with van der Waals surface area (Å²) in [6.45, 7) is 2.34. The van der Waals surface area contributed by atoms with Gasteiger partial charge in [-0.15, -0.1) is 0 Å². The van der Waals surface area contributed by atoms with Crippen LogP contribution < -0.4 is 0 Å². The third-order valence-corrected chi connectivity index (χ3v) is 3.53. The Labute approximate surface area is 119 Å². The first-order valence-electron chi connectivity index (χ1n) is 6.94. The molecule has 0 aliphatic carbocycles. The van der Waals surface area contributed by atoms with Crippen molar-refractivity contribution in [2.24, 2.45) is 5.92 Å². The Morgan fingerprint density at radius 3 is 2.75 bits per heavy atom. The van der Waals surface area contributed by atoms with E-state index in [1.807, 2.05) is 0 Å². The number of ether oxygens (including phenoxy) is 1. The number of likely N-dealkylation sites (tertiary alicyclic amines) is 1. The Morgan fingerprint density at radius 1 is 1.40 bits per heavy atom. The van der Waals surface area contributed by atoms with Crippen LogP contribution in [-0.2, 0) is 9.53 Å². The van der Waals surface area contributed by atoms with Crippen molar-refractivity contribution >= 4 is 12.0 Å². The number of aliphatic carboxylic acids is 1. The standard InChI is InChI=1S/C13H24N2O5/c1-20-9-7-14(6-8-16)13(19)15-5-4-11(10-15)2-3-12(17)18/h11,16H,2-10H2,1H3,(H,17,18). The van der Waals surface area contributed by atoms with Crippen molar-refractivity contribution < 1.29 is 24.5 Å². The highest BCUT2D eigenvalue weighted by atomic mass is 16.5. The van der Waals surface area contributed by atoms with E-state index in [4.69, 9.17) is 14.9 Å². The van der Waals surface area contributed by atoms with Gasteiger partial charge in [0.15, 0.2) is 0 Å². The maximum absolute atomic E-state index is 12.3. The quantitative estimate of drug-likeness (QED) is 0.667. The van der Waals surface area contributed by atoms with Crippen LogP contribution in [0.2, 0.25) is 0 Å². The summed E-state index contributed by atoms with van der Waals surface area (Å²) in [7, 11) is 1.57. The lowest BCUT2D eigenvalue weighted by molar-refractivity contribution is -0.137. The number of aliphatic hydroxyl groups excluding tert-OH is 1. The lowest BCUT2D eigenvalue weighted by Crippen LogP contribution is -2.44. The van der Waals surface area contributed by atoms with Crippen molar-refractivity contribution in [1.29, 1.82) is 0 Å². The summed E-state index contributed by atoms with van der Waals surface area (Å²) in [6.07, 6.45) is 1.60. The van der Waals surface area contributed by atoms with Gasteiger partial charge in [-0.05, 0) is 18.8 Å². The van der Waals surface area contributed by atoms with E-state index in [-0.39, 0.29) is 25.0 Å². The second kappa shape index (κ2) is 8.76. The zero-order valence-electron chi connectivity index (χ0n) is 12.0. The number of methoxy groups -OCH3 is 1. The van der Waals surface area contributed by atoms with E-state index in [0.717, 1.165) is 6.42 Å². The highest BCUT2D eigenvalue weighted by Crippen LogP contribution is 2.22. The molecule has 1 saturated heterocycles. The molecule has 1 aliphatic rings. The lowest BCUT2D eigenvalue weighted by Gasteiger charge is -2.27. The molecule has 7 heteroatoms. The predicted octanol–water partition coefficient (Wildman–Crippen LogP) is 0.234. The number of carbonyl (C=O) groups excluding carboxylic acids is 1. The molecule has 1 atom stereocenters. The number of nitrogens with zero attached hydrogens (tertiary/aromatic N) is 2. The van der Waals surface area contributed by atoms with Crippen LogP contribution in [0.25, 0.3) is 0 Å². The first kappa shape index (κ1) is 16.7. The maximum atomic E-state index is 12.3. The number of rotatable bonds is 8. The van der Waals surface area contributed by atoms with Gasteiger partial charge >= 0.3 is 12.0 Å². The van der Waals surface area contributed by atoms with Gasteiger partial charge < -0.3 is 24.7 Å². The smallest absolute Gasteiger partial charge is 0.320 e. The fourth-order valence-electron chi connectivity index (χ4n) is 2.39. The van der Waals surface area contributed by atoms with Crippen LogP contribution in [0, 0.1) is 5.92 Å². The van der Waals surface area contributed by atoms with Crippen LogP contribution in [0.5, 0.6) is 0 Å². The molecule has 20 heavy (non-hydrogen) atoms. The van der Waals surface area contributed by atoms with Gasteiger partial charge in [0, 0.05) is 39.7 Å². The molecule has 0 aromatic heterocycles. The van der Waals surface area contributed by atoms with Crippen LogP contribution in [0.15, 0.2) is 0 Å². The SMILES string of the molecule is COCCN(CCO)C(=O)N1CCC(CCC(=O)O)C1. The molecular formula is C13H24N2O5. The fourth-order valence-corrected chi connectivity index (χ4v) is 2.39. The maximum Gasteiger partial charge on any atom is 0.320 e. The Morgan fingerprint density at radius 2 is 2.15 bits per heavy atom. The Bertz CT molecular complexity index is 324. The summed E-state index contributed by atoms with van der Waals surface area (Å²) in [4.78, 5) is 26.2. The van der Waals surface area contributed by atoms with Crippen molar-refractivity contribution in [3.05, 3.63) is 0 Å². The van der Waals surface area contributed by atoms with E-state index >= 15 is 0 Å². The molecule has 1 rings (SSSR count). The summed E-state index contributed by atoms with van der Waals surface area (Å²) in [5.41, 5.74) is 0. The average molecular weight is 288 g/mol. The fraction of sp³-hybridized carbons (Fsp3) is 0.846. The molecule has 7 nitrogen and oxygen atoms in total. The van der Waals surface area contributed by atoms with Crippen molar-refractivity contribution in [3.63, 3.8) is 0 Å². The number of carbonyl (C=O) groups is 2. The minimum absolute atomic E-state index is 0.0776. The van der Waals surface area contributed by atoms with Gasteiger partial charge in [0.1, 0.15) is 0 Å². The number of hydrogen-bond acceptors (Lipinski definition) is 4. The Hall–Kier alpha value is -1.34. The predicted molar refractivity (Wildman–Crippen MR) is 72.5 cm³/mol. The van der Waals surface area contributed by atoms with Crippen LogP contribution in [0.1, 0.15) is 19.3 Å². The number of aliphatic hydroxyl groups is 1. The molecule has 0 aromatic rings. The second-order valence-corrected chi connectivity index (χ2v) is 5.02. The summed E-state index contributed by atoms with van der Waals surface area (Å²) < 4.78 is 4.96. The third-order valence-electron chi connectivity index (χ3n) is 3.53. The Kier molecular flexibility index (Phi) is 7.32. The summed E-state index contributed by atoms with van der Waals surface area (Å²) in [5, 5.41) is 17.7. The molecule has 0 spiro atoms. The second-order valence-electron chi connectivity index (χ2n) is 5.02. The number of hydrogen-bond donors (Lipinski definition) is 2. The average Bonchev–Trinajstić information content (AvgIpc) is 2.89. The third kappa shape index (κ3) is 5.34. The van der Waals surface area contributed by atoms with Gasteiger partial charge in [0.25, 0.3) is 0 Å². The minimum Gasteiger partial charge on any atom is -0.481 e. The summed E-state index contributed by atoms with van der Waals surface area (Å²) in [5.74, 6) is -0.537. The van der Waals surface area contributed by atoms with Crippen molar-refractivity contribution in [1.82, 2.24) is 9.80 Å². The number of amides is 2. The summed E-state index contributed by atoms with van der Waals surface area (Å²) in [6, 6.07) is -0.103. The zero-order valence-corrected chi connectivity index (χ0v) is 12.0. The molecule has 0 saturated carbocycles. The number of carboxylic acids is 1. The van der Waals surface area contributed by atoms with Gasteiger partial charge in [-0.1, -0.05) is 0 Å². The van der Waals surface area contributed by atoms with Crippen molar-refractivity contribution in [3.8, 4) is 0 Å². The molecule has 2 amide bonds. The first-order valence-corrected chi connectivity index (χ1v) is 6.94. The molecule has 2 N–H and O–H groups in total. The van der Waals surface area contributed by atoms with Crippen LogP contribution >= 0.6 is 0 Å². The zero-order chi connectivity index (χ0) is 15.0. The van der Waals surface area contributed by atoms with Gasteiger partial charge in [-0.2, -0.15) is 0 Å². The minimum atomic E-state index is -0.795. The van der Waals surface area contributed by atoms with Crippen LogP contribution in [0.4, 0.5) is 4.79 Å². The summed E-state index contributed by atoms with van der Waals surface area (Å²) >= 11 is 0. The Balaban J connectivity index is 2.43. The molecular weight excluding hydrogens is 264 g/mol. The highest BCUT2D eigenvalue weighted by Gasteiger charge is 2.29.